The lowest BCUT2D eigenvalue weighted by Crippen LogP contribution is -2.22. The fraction of sp³-hybridized carbons (Fsp3) is 0.316. The zero-order chi connectivity index (χ0) is 21.2. The van der Waals surface area contributed by atoms with Crippen LogP contribution in [0.4, 0.5) is 13.2 Å². The molecular weight excluding hydrogens is 407 g/mol. The van der Waals surface area contributed by atoms with E-state index in [1.54, 1.807) is 6.92 Å². The molecule has 0 spiro atoms. The minimum atomic E-state index is -4.43. The maximum absolute atomic E-state index is 12.8. The Kier molecular flexibility index (Phi) is 6.04. The summed E-state index contributed by atoms with van der Waals surface area (Å²) < 4.78 is 48.9. The van der Waals surface area contributed by atoms with Crippen LogP contribution in [0.1, 0.15) is 32.2 Å². The van der Waals surface area contributed by atoms with Crippen LogP contribution < -0.4 is 10.1 Å². The molecule has 0 unspecified atom stereocenters. The first kappa shape index (κ1) is 21.0. The van der Waals surface area contributed by atoms with Gasteiger partial charge in [-0.15, -0.1) is 11.3 Å². The predicted octanol–water partition coefficient (Wildman–Crippen LogP) is 4.10. The highest BCUT2D eigenvalue weighted by molar-refractivity contribution is 7.20. The molecule has 0 bridgehead atoms. The highest BCUT2D eigenvalue weighted by Gasteiger charge is 2.30. The number of halogens is 3. The average molecular weight is 425 g/mol. The Hall–Kier alpha value is -2.72. The van der Waals surface area contributed by atoms with Gasteiger partial charge in [-0.25, -0.2) is 4.98 Å². The SMILES string of the molecule is COCc1nc(OC)c2c(C)c(C(=O)NCc3cccc(C(F)(F)F)c3)sc2n1. The second-order valence-corrected chi connectivity index (χ2v) is 7.20. The zero-order valence-electron chi connectivity index (χ0n) is 15.9. The Labute approximate surface area is 168 Å². The molecule has 0 saturated heterocycles. The van der Waals surface area contributed by atoms with Crippen LogP contribution in [0.15, 0.2) is 24.3 Å². The number of fused-ring (bicyclic) bond motifs is 1. The lowest BCUT2D eigenvalue weighted by Gasteiger charge is -2.09. The molecular formula is C19H18F3N3O3S. The third kappa shape index (κ3) is 4.48. The van der Waals surface area contributed by atoms with Crippen LogP contribution in [-0.2, 0) is 24.1 Å². The number of hydrogen-bond donors (Lipinski definition) is 1. The van der Waals surface area contributed by atoms with E-state index >= 15 is 0 Å². The van der Waals surface area contributed by atoms with Crippen molar-refractivity contribution in [1.82, 2.24) is 15.3 Å². The van der Waals surface area contributed by atoms with Crippen molar-refractivity contribution in [1.29, 1.82) is 0 Å². The third-order valence-electron chi connectivity index (χ3n) is 4.18. The van der Waals surface area contributed by atoms with Gasteiger partial charge in [-0.2, -0.15) is 18.2 Å². The quantitative estimate of drug-likeness (QED) is 0.644. The summed E-state index contributed by atoms with van der Waals surface area (Å²) in [6.45, 7) is 1.91. The summed E-state index contributed by atoms with van der Waals surface area (Å²) in [5, 5.41) is 3.29. The summed E-state index contributed by atoms with van der Waals surface area (Å²) in [7, 11) is 3.00. The van der Waals surface area contributed by atoms with E-state index in [-0.39, 0.29) is 13.2 Å². The van der Waals surface area contributed by atoms with Crippen molar-refractivity contribution >= 4 is 27.5 Å². The molecule has 3 aromatic rings. The van der Waals surface area contributed by atoms with Crippen molar-refractivity contribution < 1.29 is 27.4 Å². The number of carbonyl (C=O) groups is 1. The number of methoxy groups -OCH3 is 2. The van der Waals surface area contributed by atoms with Crippen LogP contribution in [0.2, 0.25) is 0 Å². The summed E-state index contributed by atoms with van der Waals surface area (Å²) >= 11 is 1.17. The third-order valence-corrected chi connectivity index (χ3v) is 5.37. The number of benzene rings is 1. The van der Waals surface area contributed by atoms with Crippen molar-refractivity contribution in [2.75, 3.05) is 14.2 Å². The Balaban J connectivity index is 1.85. The Morgan fingerprint density at radius 1 is 1.24 bits per heavy atom. The Morgan fingerprint density at radius 3 is 2.66 bits per heavy atom. The minimum absolute atomic E-state index is 0.0336. The Bertz CT molecular complexity index is 1050. The number of thiophene rings is 1. The number of carbonyl (C=O) groups excluding carboxylic acids is 1. The van der Waals surface area contributed by atoms with Gasteiger partial charge in [0.05, 0.1) is 22.9 Å². The lowest BCUT2D eigenvalue weighted by atomic mass is 10.1. The topological polar surface area (TPSA) is 73.3 Å². The van der Waals surface area contributed by atoms with Crippen molar-refractivity contribution in [2.45, 2.75) is 26.3 Å². The maximum atomic E-state index is 12.8. The van der Waals surface area contributed by atoms with E-state index in [0.717, 1.165) is 12.1 Å². The summed E-state index contributed by atoms with van der Waals surface area (Å²) in [5.41, 5.74) is 0.243. The molecule has 6 nitrogen and oxygen atoms in total. The minimum Gasteiger partial charge on any atom is -0.480 e. The molecule has 0 fully saturated rings. The zero-order valence-corrected chi connectivity index (χ0v) is 16.7. The molecule has 1 amide bonds. The summed E-state index contributed by atoms with van der Waals surface area (Å²) in [6.07, 6.45) is -4.43. The van der Waals surface area contributed by atoms with Crippen LogP contribution >= 0.6 is 11.3 Å². The number of aryl methyl sites for hydroxylation is 1. The van der Waals surface area contributed by atoms with Gasteiger partial charge < -0.3 is 14.8 Å². The van der Waals surface area contributed by atoms with Crippen LogP contribution in [0.25, 0.3) is 10.2 Å². The number of amides is 1. The number of hydrogen-bond acceptors (Lipinski definition) is 6. The summed E-state index contributed by atoms with van der Waals surface area (Å²) in [4.78, 5) is 22.3. The number of rotatable bonds is 6. The average Bonchev–Trinajstić information content (AvgIpc) is 3.02. The van der Waals surface area contributed by atoms with Crippen LogP contribution in [-0.4, -0.2) is 30.1 Å². The molecule has 0 aliphatic carbocycles. The van der Waals surface area contributed by atoms with Gasteiger partial charge in [0.25, 0.3) is 5.91 Å². The first-order valence-corrected chi connectivity index (χ1v) is 9.33. The van der Waals surface area contributed by atoms with Gasteiger partial charge in [0.15, 0.2) is 5.82 Å². The molecule has 0 atom stereocenters. The van der Waals surface area contributed by atoms with E-state index in [9.17, 15) is 18.0 Å². The molecule has 0 radical (unpaired) electrons. The molecule has 0 aliphatic rings. The second-order valence-electron chi connectivity index (χ2n) is 6.20. The summed E-state index contributed by atoms with van der Waals surface area (Å²) in [6, 6.07) is 4.85. The van der Waals surface area contributed by atoms with Gasteiger partial charge in [-0.1, -0.05) is 12.1 Å². The fourth-order valence-electron chi connectivity index (χ4n) is 2.82. The molecule has 3 rings (SSSR count). The number of aromatic nitrogens is 2. The highest BCUT2D eigenvalue weighted by Crippen LogP contribution is 2.35. The number of nitrogens with one attached hydrogen (secondary N) is 1. The van der Waals surface area contributed by atoms with Crippen molar-refractivity contribution in [3.8, 4) is 5.88 Å². The fourth-order valence-corrected chi connectivity index (χ4v) is 3.93. The van der Waals surface area contributed by atoms with Gasteiger partial charge in [0.2, 0.25) is 5.88 Å². The van der Waals surface area contributed by atoms with E-state index in [0.29, 0.717) is 37.9 Å². The second kappa shape index (κ2) is 8.34. The monoisotopic (exact) mass is 425 g/mol. The van der Waals surface area contributed by atoms with Gasteiger partial charge in [0.1, 0.15) is 11.4 Å². The van der Waals surface area contributed by atoms with E-state index in [1.807, 2.05) is 0 Å². The smallest absolute Gasteiger partial charge is 0.416 e. The van der Waals surface area contributed by atoms with Crippen molar-refractivity contribution in [3.63, 3.8) is 0 Å². The standard InChI is InChI=1S/C19H18F3N3O3S/c1-10-14-17(28-3)24-13(9-27-2)25-18(14)29-15(10)16(26)23-8-11-5-4-6-12(7-11)19(20,21)22/h4-7H,8-9H2,1-3H3,(H,23,26). The van der Waals surface area contributed by atoms with Gasteiger partial charge in [-0.3, -0.25) is 4.79 Å². The van der Waals surface area contributed by atoms with Gasteiger partial charge in [-0.05, 0) is 30.2 Å². The molecule has 10 heteroatoms. The van der Waals surface area contributed by atoms with Gasteiger partial charge in [0, 0.05) is 13.7 Å². The van der Waals surface area contributed by atoms with E-state index < -0.39 is 17.6 Å². The number of ether oxygens (including phenoxy) is 2. The first-order valence-electron chi connectivity index (χ1n) is 8.52. The van der Waals surface area contributed by atoms with E-state index in [2.05, 4.69) is 15.3 Å². The van der Waals surface area contributed by atoms with Crippen LogP contribution in [0.5, 0.6) is 5.88 Å². The molecule has 154 valence electrons. The normalized spacial score (nSPS) is 11.7. The lowest BCUT2D eigenvalue weighted by molar-refractivity contribution is -0.137. The van der Waals surface area contributed by atoms with E-state index in [1.165, 1.54) is 37.7 Å². The van der Waals surface area contributed by atoms with Crippen LogP contribution in [0.3, 0.4) is 0 Å². The van der Waals surface area contributed by atoms with Gasteiger partial charge >= 0.3 is 6.18 Å². The van der Waals surface area contributed by atoms with E-state index in [4.69, 9.17) is 9.47 Å². The highest BCUT2D eigenvalue weighted by atomic mass is 32.1. The Morgan fingerprint density at radius 2 is 2.00 bits per heavy atom. The maximum Gasteiger partial charge on any atom is 0.416 e. The number of alkyl halides is 3. The molecule has 0 saturated carbocycles. The molecule has 2 heterocycles. The molecule has 1 aromatic carbocycles. The molecule has 1 N–H and O–H groups in total. The van der Waals surface area contributed by atoms with Crippen LogP contribution in [0, 0.1) is 6.92 Å². The molecule has 2 aromatic heterocycles. The summed E-state index contributed by atoms with van der Waals surface area (Å²) in [5.74, 6) is 0.361. The molecule has 29 heavy (non-hydrogen) atoms. The first-order chi connectivity index (χ1) is 13.7. The van der Waals surface area contributed by atoms with Crippen molar-refractivity contribution in [3.05, 3.63) is 51.7 Å². The largest absolute Gasteiger partial charge is 0.480 e. The molecule has 0 aliphatic heterocycles. The number of nitrogens with zero attached hydrogens (tertiary/aromatic N) is 2. The van der Waals surface area contributed by atoms with Crippen molar-refractivity contribution in [2.24, 2.45) is 0 Å². The predicted molar refractivity (Wildman–Crippen MR) is 102 cm³/mol.